The lowest BCUT2D eigenvalue weighted by molar-refractivity contribution is -0.128. The average molecular weight is 481 g/mol. The van der Waals surface area contributed by atoms with Crippen molar-refractivity contribution < 1.29 is 19.4 Å². The molecule has 0 atom stereocenters. The zero-order chi connectivity index (χ0) is 25.8. The van der Waals surface area contributed by atoms with Crippen molar-refractivity contribution in [3.8, 4) is 5.75 Å². The van der Waals surface area contributed by atoms with Gasteiger partial charge < -0.3 is 24.5 Å². The van der Waals surface area contributed by atoms with Gasteiger partial charge in [0, 0.05) is 33.8 Å². The fourth-order valence-corrected chi connectivity index (χ4v) is 3.47. The first-order chi connectivity index (χ1) is 16.8. The highest BCUT2D eigenvalue weighted by Gasteiger charge is 2.27. The second-order valence-corrected chi connectivity index (χ2v) is 8.53. The van der Waals surface area contributed by atoms with Crippen LogP contribution in [0.1, 0.15) is 37.3 Å². The van der Waals surface area contributed by atoms with Crippen LogP contribution in [-0.4, -0.2) is 72.8 Å². The number of ether oxygens (including phenoxy) is 1. The van der Waals surface area contributed by atoms with E-state index in [4.69, 9.17) is 4.74 Å². The third kappa shape index (κ3) is 7.96. The molecule has 0 aliphatic rings. The summed E-state index contributed by atoms with van der Waals surface area (Å²) in [4.78, 5) is 33.7. The number of carbonyl (C=O) groups excluding carboxylic acids is 2. The van der Waals surface area contributed by atoms with Crippen LogP contribution in [0.2, 0.25) is 0 Å². The van der Waals surface area contributed by atoms with Gasteiger partial charge in [-0.25, -0.2) is 4.99 Å². The Morgan fingerprint density at radius 1 is 1.14 bits per heavy atom. The van der Waals surface area contributed by atoms with E-state index in [0.29, 0.717) is 37.6 Å². The van der Waals surface area contributed by atoms with Crippen LogP contribution < -0.4 is 4.74 Å². The molecule has 0 saturated heterocycles. The summed E-state index contributed by atoms with van der Waals surface area (Å²) in [5.74, 6) is 0.780. The number of rotatable bonds is 14. The predicted molar refractivity (Wildman–Crippen MR) is 138 cm³/mol. The van der Waals surface area contributed by atoms with Gasteiger partial charge in [-0.1, -0.05) is 56.3 Å². The fourth-order valence-electron chi connectivity index (χ4n) is 3.47. The second kappa shape index (κ2) is 13.9. The molecule has 0 bridgehead atoms. The van der Waals surface area contributed by atoms with Crippen LogP contribution in [0, 0.1) is 0 Å². The van der Waals surface area contributed by atoms with Crippen molar-refractivity contribution in [3.05, 3.63) is 77.2 Å². The minimum atomic E-state index is -0.356. The molecule has 2 rings (SSSR count). The number of aliphatic hydroxyl groups is 1. The van der Waals surface area contributed by atoms with Gasteiger partial charge in [-0.3, -0.25) is 9.59 Å². The van der Waals surface area contributed by atoms with Gasteiger partial charge in [0.1, 0.15) is 11.4 Å². The van der Waals surface area contributed by atoms with Crippen molar-refractivity contribution >= 4 is 19.0 Å². The van der Waals surface area contributed by atoms with E-state index >= 15 is 0 Å². The molecule has 188 valence electrons. The van der Waals surface area contributed by atoms with E-state index < -0.39 is 0 Å². The van der Waals surface area contributed by atoms with E-state index in [9.17, 15) is 14.7 Å². The topological polar surface area (TPSA) is 85.7 Å². The van der Waals surface area contributed by atoms with Crippen molar-refractivity contribution in [3.63, 3.8) is 0 Å². The number of likely N-dealkylation sites (N-methyl/N-ethyl adjacent to an activating group) is 1. The maximum atomic E-state index is 13.6. The van der Waals surface area contributed by atoms with Crippen molar-refractivity contribution in [2.24, 2.45) is 4.99 Å². The minimum absolute atomic E-state index is 0.0388. The van der Waals surface area contributed by atoms with E-state index in [0.717, 1.165) is 11.1 Å². The number of carbonyl (C=O) groups is 2. The minimum Gasteiger partial charge on any atom is -0.473 e. The van der Waals surface area contributed by atoms with Gasteiger partial charge in [0.25, 0.3) is 5.91 Å². The number of hydrogen-bond donors (Lipinski definition) is 1. The highest BCUT2D eigenvalue weighted by molar-refractivity contribution is 5.93. The molecule has 0 radical (unpaired) electrons. The first kappa shape index (κ1) is 27.6. The lowest BCUT2D eigenvalue weighted by atomic mass is 10.0. The molecule has 2 amide bonds. The molecule has 0 aliphatic carbocycles. The largest absolute Gasteiger partial charge is 0.473 e. The monoisotopic (exact) mass is 480 g/mol. The maximum Gasteiger partial charge on any atom is 0.273 e. The average Bonchev–Trinajstić information content (AvgIpc) is 2.88. The van der Waals surface area contributed by atoms with E-state index in [1.54, 1.807) is 11.9 Å². The Morgan fingerprint density at radius 2 is 1.86 bits per heavy atom. The first-order valence-corrected chi connectivity index (χ1v) is 11.6. The molecular weight excluding hydrogens is 444 g/mol. The van der Waals surface area contributed by atoms with Gasteiger partial charge in [0.05, 0.1) is 0 Å². The van der Waals surface area contributed by atoms with Crippen molar-refractivity contribution in [1.82, 2.24) is 14.7 Å². The molecule has 2 aromatic rings. The Bertz CT molecular complexity index is 1010. The van der Waals surface area contributed by atoms with Crippen molar-refractivity contribution in [2.75, 3.05) is 34.0 Å². The Labute approximate surface area is 208 Å². The maximum absolute atomic E-state index is 13.6. The number of aliphatic hydroxyl groups excluding tert-OH is 1. The van der Waals surface area contributed by atoms with E-state index in [-0.39, 0.29) is 30.8 Å². The molecule has 0 unspecified atom stereocenters. The van der Waals surface area contributed by atoms with Gasteiger partial charge in [-0.2, -0.15) is 0 Å². The molecule has 1 N–H and O–H groups in total. The lowest BCUT2D eigenvalue weighted by Crippen LogP contribution is -2.41. The fraction of sp³-hybridized carbons (Fsp3) is 0.370. The Morgan fingerprint density at radius 3 is 2.46 bits per heavy atom. The number of amides is 2. The van der Waals surface area contributed by atoms with Gasteiger partial charge in [-0.15, -0.1) is 0 Å². The second-order valence-electron chi connectivity index (χ2n) is 8.53. The van der Waals surface area contributed by atoms with E-state index in [1.165, 1.54) is 16.8 Å². The van der Waals surface area contributed by atoms with Crippen LogP contribution >= 0.6 is 0 Å². The molecule has 0 aliphatic heterocycles. The number of aliphatic imine (C=N–C) groups is 1. The molecule has 0 fully saturated rings. The SMILES string of the molecule is C=N/C(=C(/C(=O)N(C)CCCO)N(COc1cccc(C(C)C)c1)Cc1ccccc1)N(C)C=O. The lowest BCUT2D eigenvalue weighted by Gasteiger charge is -2.31. The van der Waals surface area contributed by atoms with Crippen LogP contribution in [0.3, 0.4) is 0 Å². The van der Waals surface area contributed by atoms with Gasteiger partial charge in [0.2, 0.25) is 6.41 Å². The summed E-state index contributed by atoms with van der Waals surface area (Å²) in [5, 5.41) is 9.23. The number of benzene rings is 2. The van der Waals surface area contributed by atoms with Gasteiger partial charge in [-0.05, 0) is 42.3 Å². The van der Waals surface area contributed by atoms with E-state index in [2.05, 4.69) is 25.6 Å². The van der Waals surface area contributed by atoms with Crippen molar-refractivity contribution in [1.29, 1.82) is 0 Å². The normalized spacial score (nSPS) is 11.5. The number of nitrogens with zero attached hydrogens (tertiary/aromatic N) is 4. The molecule has 0 spiro atoms. The summed E-state index contributed by atoms with van der Waals surface area (Å²) in [6.45, 7) is 8.50. The Hall–Kier alpha value is -3.65. The summed E-state index contributed by atoms with van der Waals surface area (Å²) in [6.07, 6.45) is 1.01. The summed E-state index contributed by atoms with van der Waals surface area (Å²) in [5.41, 5.74) is 2.27. The third-order valence-electron chi connectivity index (χ3n) is 5.50. The quantitative estimate of drug-likeness (QED) is 0.194. The van der Waals surface area contributed by atoms with Crippen LogP contribution in [0.25, 0.3) is 0 Å². The van der Waals surface area contributed by atoms with Gasteiger partial charge in [0.15, 0.2) is 12.6 Å². The smallest absolute Gasteiger partial charge is 0.273 e. The summed E-state index contributed by atoms with van der Waals surface area (Å²) < 4.78 is 6.14. The standard InChI is InChI=1S/C27H36N4O4/c1-21(2)23-13-9-14-24(17-23)35-20-31(18-22-11-7-6-8-12-22)25(26(28-3)30(5)19-33)27(34)29(4)15-10-16-32/h6-9,11-14,17,19,21,32H,3,10,15-16,18,20H2,1-2,4-5H3/b26-25+. The zero-order valence-corrected chi connectivity index (χ0v) is 21.1. The molecular formula is C27H36N4O4. The molecule has 0 aromatic heterocycles. The van der Waals surface area contributed by atoms with Crippen LogP contribution in [0.15, 0.2) is 71.1 Å². The molecule has 0 heterocycles. The molecule has 2 aromatic carbocycles. The van der Waals surface area contributed by atoms with E-state index in [1.807, 2.05) is 54.6 Å². The van der Waals surface area contributed by atoms with Crippen LogP contribution in [-0.2, 0) is 16.1 Å². The van der Waals surface area contributed by atoms with Gasteiger partial charge >= 0.3 is 0 Å². The van der Waals surface area contributed by atoms with Crippen LogP contribution in [0.4, 0.5) is 0 Å². The zero-order valence-electron chi connectivity index (χ0n) is 21.1. The Kier molecular flexibility index (Phi) is 11.0. The number of hydrogen-bond acceptors (Lipinski definition) is 6. The highest BCUT2D eigenvalue weighted by Crippen LogP contribution is 2.23. The Balaban J connectivity index is 2.52. The molecule has 8 nitrogen and oxygen atoms in total. The molecule has 35 heavy (non-hydrogen) atoms. The highest BCUT2D eigenvalue weighted by atomic mass is 16.5. The summed E-state index contributed by atoms with van der Waals surface area (Å²) in [6, 6.07) is 17.5. The predicted octanol–water partition coefficient (Wildman–Crippen LogP) is 3.45. The first-order valence-electron chi connectivity index (χ1n) is 11.6. The third-order valence-corrected chi connectivity index (χ3v) is 5.50. The summed E-state index contributed by atoms with van der Waals surface area (Å²) >= 11 is 0. The molecule has 8 heteroatoms. The van der Waals surface area contributed by atoms with Crippen LogP contribution in [0.5, 0.6) is 5.75 Å². The molecule has 0 saturated carbocycles. The van der Waals surface area contributed by atoms with Crippen molar-refractivity contribution in [2.45, 2.75) is 32.7 Å². The summed E-state index contributed by atoms with van der Waals surface area (Å²) in [7, 11) is 3.17.